The van der Waals surface area contributed by atoms with E-state index in [0.717, 1.165) is 5.87 Å². The molecule has 0 saturated heterocycles. The molecule has 1 aromatic carbocycles. The van der Waals surface area contributed by atoms with Gasteiger partial charge in [0, 0.05) is 0 Å². The van der Waals surface area contributed by atoms with Crippen molar-refractivity contribution >= 4 is 11.4 Å². The van der Waals surface area contributed by atoms with Crippen LogP contribution in [0.5, 0.6) is 0 Å². The maximum absolute atomic E-state index is 12.1. The van der Waals surface area contributed by atoms with Gasteiger partial charge in [-0.15, -0.1) is 0 Å². The average molecular weight is 184 g/mol. The van der Waals surface area contributed by atoms with E-state index in [4.69, 9.17) is 5.41 Å². The SMILES string of the molecule is [N-]=C=C(c1ccccc1)C(F)(F)F. The first-order chi connectivity index (χ1) is 6.05. The van der Waals surface area contributed by atoms with E-state index in [1.165, 1.54) is 24.3 Å². The van der Waals surface area contributed by atoms with Crippen molar-refractivity contribution in [3.05, 3.63) is 41.3 Å². The Morgan fingerprint density at radius 3 is 2.08 bits per heavy atom. The molecule has 4 heteroatoms. The molecule has 0 amide bonds. The summed E-state index contributed by atoms with van der Waals surface area (Å²) in [6, 6.07) is 7.02. The summed E-state index contributed by atoms with van der Waals surface area (Å²) in [7, 11) is 0. The highest BCUT2D eigenvalue weighted by molar-refractivity contribution is 5.93. The van der Waals surface area contributed by atoms with Crippen molar-refractivity contribution in [3.8, 4) is 0 Å². The highest BCUT2D eigenvalue weighted by Gasteiger charge is 2.33. The molecule has 0 bridgehead atoms. The molecular weight excluding hydrogens is 179 g/mol. The highest BCUT2D eigenvalue weighted by atomic mass is 19.4. The number of hydrogen-bond acceptors (Lipinski definition) is 0. The van der Waals surface area contributed by atoms with Gasteiger partial charge in [-0.1, -0.05) is 30.3 Å². The van der Waals surface area contributed by atoms with Gasteiger partial charge in [0.15, 0.2) is 0 Å². The summed E-state index contributed by atoms with van der Waals surface area (Å²) in [5.41, 5.74) is -1.26. The fourth-order valence-electron chi connectivity index (χ4n) is 0.896. The molecule has 1 nitrogen and oxygen atoms in total. The zero-order chi connectivity index (χ0) is 9.90. The van der Waals surface area contributed by atoms with Crippen LogP contribution in [0.25, 0.3) is 11.0 Å². The van der Waals surface area contributed by atoms with Crippen molar-refractivity contribution in [2.75, 3.05) is 0 Å². The van der Waals surface area contributed by atoms with Crippen LogP contribution in [0.15, 0.2) is 30.3 Å². The van der Waals surface area contributed by atoms with Crippen molar-refractivity contribution < 1.29 is 13.2 Å². The Kier molecular flexibility index (Phi) is 2.54. The third-order valence-electron chi connectivity index (χ3n) is 1.46. The fraction of sp³-hybridized carbons (Fsp3) is 0.111. The molecule has 0 aliphatic heterocycles. The highest BCUT2D eigenvalue weighted by Crippen LogP contribution is 2.31. The average Bonchev–Trinajstić information content (AvgIpc) is 2.05. The van der Waals surface area contributed by atoms with Crippen LogP contribution >= 0.6 is 0 Å². The number of halogens is 3. The molecule has 1 aromatic rings. The molecule has 0 aromatic heterocycles. The van der Waals surface area contributed by atoms with Gasteiger partial charge in [-0.3, -0.25) is 5.87 Å². The van der Waals surface area contributed by atoms with E-state index in [9.17, 15) is 13.2 Å². The number of allylic oxidation sites excluding steroid dienone is 1. The van der Waals surface area contributed by atoms with Crippen LogP contribution in [0, 0.1) is 0 Å². The molecule has 0 saturated carbocycles. The Morgan fingerprint density at radius 2 is 1.69 bits per heavy atom. The van der Waals surface area contributed by atoms with Crippen molar-refractivity contribution in [1.29, 1.82) is 0 Å². The second kappa shape index (κ2) is 3.46. The van der Waals surface area contributed by atoms with Gasteiger partial charge in [-0.2, -0.15) is 13.2 Å². The topological polar surface area (TPSA) is 22.3 Å². The van der Waals surface area contributed by atoms with Crippen molar-refractivity contribution in [2.45, 2.75) is 6.18 Å². The molecule has 0 spiro atoms. The maximum atomic E-state index is 12.1. The summed E-state index contributed by atoms with van der Waals surface area (Å²) in [4.78, 5) is 0. The van der Waals surface area contributed by atoms with Gasteiger partial charge in [0.05, 0.1) is 5.57 Å². The van der Waals surface area contributed by atoms with Gasteiger partial charge >= 0.3 is 6.18 Å². The van der Waals surface area contributed by atoms with Gasteiger partial charge in [0.1, 0.15) is 0 Å². The van der Waals surface area contributed by atoms with Crippen molar-refractivity contribution in [2.24, 2.45) is 0 Å². The van der Waals surface area contributed by atoms with Crippen LogP contribution in [0.4, 0.5) is 13.2 Å². The summed E-state index contributed by atoms with van der Waals surface area (Å²) >= 11 is 0. The summed E-state index contributed by atoms with van der Waals surface area (Å²) < 4.78 is 36.4. The Labute approximate surface area is 73.0 Å². The molecule has 1 rings (SSSR count). The molecule has 0 heterocycles. The number of benzene rings is 1. The lowest BCUT2D eigenvalue weighted by Gasteiger charge is -2.10. The first kappa shape index (κ1) is 9.55. The van der Waals surface area contributed by atoms with Gasteiger partial charge in [0.25, 0.3) is 0 Å². The Hall–Kier alpha value is -1.54. The molecule has 0 radical (unpaired) electrons. The van der Waals surface area contributed by atoms with Crippen LogP contribution in [0.2, 0.25) is 0 Å². The molecule has 0 fully saturated rings. The van der Waals surface area contributed by atoms with Crippen LogP contribution in [-0.2, 0) is 0 Å². The summed E-state index contributed by atoms with van der Waals surface area (Å²) in [5, 5.41) is 8.31. The van der Waals surface area contributed by atoms with Crippen LogP contribution in [0.3, 0.4) is 0 Å². The minimum Gasteiger partial charge on any atom is -0.763 e. The molecule has 0 aliphatic rings. The molecular formula is C9H5F3N-. The van der Waals surface area contributed by atoms with E-state index in [2.05, 4.69) is 0 Å². The number of rotatable bonds is 1. The van der Waals surface area contributed by atoms with Crippen molar-refractivity contribution in [1.82, 2.24) is 0 Å². The minimum absolute atomic E-state index is 0.0995. The normalized spacial score (nSPS) is 10.7. The monoisotopic (exact) mass is 184 g/mol. The molecule has 0 atom stereocenters. The number of nitrogens with zero attached hydrogens (tertiary/aromatic N) is 1. The Balaban J connectivity index is 3.15. The lowest BCUT2D eigenvalue weighted by molar-refractivity contribution is -0.0678. The van der Waals surface area contributed by atoms with E-state index >= 15 is 0 Å². The van der Waals surface area contributed by atoms with E-state index in [1.807, 2.05) is 0 Å². The summed E-state index contributed by atoms with van der Waals surface area (Å²) in [6.07, 6.45) is -4.57. The lowest BCUT2D eigenvalue weighted by atomic mass is 10.1. The molecule has 0 N–H and O–H groups in total. The lowest BCUT2D eigenvalue weighted by Crippen LogP contribution is -2.10. The maximum Gasteiger partial charge on any atom is 0.422 e. The van der Waals surface area contributed by atoms with E-state index in [0.29, 0.717) is 0 Å². The predicted octanol–water partition coefficient (Wildman–Crippen LogP) is 2.87. The summed E-state index contributed by atoms with van der Waals surface area (Å²) in [6.45, 7) is 0. The predicted molar refractivity (Wildman–Crippen MR) is 44.3 cm³/mol. The standard InChI is InChI=1S/C9H5F3N/c10-9(11,12)8(6-13)7-4-2-1-3-5-7/h1-5H/q-1. The van der Waals surface area contributed by atoms with E-state index in [1.54, 1.807) is 6.07 Å². The largest absolute Gasteiger partial charge is 0.763 e. The molecule has 0 aliphatic carbocycles. The summed E-state index contributed by atoms with van der Waals surface area (Å²) in [5.74, 6) is 1.15. The number of alkyl halides is 3. The first-order valence-electron chi connectivity index (χ1n) is 3.45. The van der Waals surface area contributed by atoms with Crippen LogP contribution in [-0.4, -0.2) is 12.0 Å². The second-order valence-corrected chi connectivity index (χ2v) is 2.35. The third kappa shape index (κ3) is 2.20. The Morgan fingerprint density at radius 1 is 1.15 bits per heavy atom. The van der Waals surface area contributed by atoms with Crippen LogP contribution < -0.4 is 0 Å². The Bertz CT molecular complexity index is 334. The molecule has 13 heavy (non-hydrogen) atoms. The van der Waals surface area contributed by atoms with Gasteiger partial charge < -0.3 is 5.41 Å². The quantitative estimate of drug-likeness (QED) is 0.599. The number of hydrogen-bond donors (Lipinski definition) is 0. The second-order valence-electron chi connectivity index (χ2n) is 2.35. The van der Waals surface area contributed by atoms with Crippen LogP contribution in [0.1, 0.15) is 5.56 Å². The molecule has 68 valence electrons. The van der Waals surface area contributed by atoms with Gasteiger partial charge in [-0.05, 0) is 5.56 Å². The minimum atomic E-state index is -4.57. The van der Waals surface area contributed by atoms with Crippen molar-refractivity contribution in [3.63, 3.8) is 0 Å². The fourth-order valence-corrected chi connectivity index (χ4v) is 0.896. The van der Waals surface area contributed by atoms with Gasteiger partial charge in [-0.25, -0.2) is 0 Å². The van der Waals surface area contributed by atoms with E-state index in [-0.39, 0.29) is 5.56 Å². The smallest absolute Gasteiger partial charge is 0.422 e. The zero-order valence-electron chi connectivity index (χ0n) is 6.47. The van der Waals surface area contributed by atoms with E-state index < -0.39 is 11.7 Å². The van der Waals surface area contributed by atoms with Gasteiger partial charge in [0.2, 0.25) is 0 Å². The zero-order valence-corrected chi connectivity index (χ0v) is 6.47. The molecule has 0 unspecified atom stereocenters. The first-order valence-corrected chi connectivity index (χ1v) is 3.45. The third-order valence-corrected chi connectivity index (χ3v) is 1.46.